The Balaban J connectivity index is 1.56. The van der Waals surface area contributed by atoms with Gasteiger partial charge in [-0.15, -0.1) is 0 Å². The minimum absolute atomic E-state index is 0.871. The molecule has 2 heterocycles. The number of hydrogen-bond donors (Lipinski definition) is 0. The van der Waals surface area contributed by atoms with Crippen molar-refractivity contribution in [3.8, 4) is 34.8 Å². The third kappa shape index (κ3) is 5.12. The van der Waals surface area contributed by atoms with E-state index in [-0.39, 0.29) is 0 Å². The number of fused-ring (bicyclic) bond motifs is 8. The largest absolute Gasteiger partial charge is 0.339 e. The van der Waals surface area contributed by atoms with Gasteiger partial charge in [-0.2, -0.15) is 4.57 Å². The maximum Gasteiger partial charge on any atom is 0.231 e. The summed E-state index contributed by atoms with van der Waals surface area (Å²) in [5.74, 6) is 14.5. The third-order valence-corrected chi connectivity index (χ3v) is 10.1. The van der Waals surface area contributed by atoms with E-state index < -0.39 is 0 Å². The fourth-order valence-corrected chi connectivity index (χ4v) is 8.00. The molecule has 0 aliphatic carbocycles. The van der Waals surface area contributed by atoms with Crippen LogP contribution in [0.3, 0.4) is 0 Å². The number of pyridine rings is 1. The van der Waals surface area contributed by atoms with Crippen molar-refractivity contribution in [2.24, 2.45) is 0 Å². The van der Waals surface area contributed by atoms with E-state index in [1.54, 1.807) is 0 Å². The van der Waals surface area contributed by atoms with Gasteiger partial charge in [0.05, 0.1) is 27.6 Å². The van der Waals surface area contributed by atoms with E-state index in [0.717, 1.165) is 48.2 Å². The smallest absolute Gasteiger partial charge is 0.231 e. The Morgan fingerprint density at radius 3 is 1.82 bits per heavy atom. The van der Waals surface area contributed by atoms with E-state index >= 15 is 0 Å². The second kappa shape index (κ2) is 12.8. The lowest BCUT2D eigenvalue weighted by Gasteiger charge is -2.35. The highest BCUT2D eigenvalue weighted by atomic mass is 15.1. The van der Waals surface area contributed by atoms with Crippen molar-refractivity contribution >= 4 is 54.7 Å². The Hall–Kier alpha value is -6.35. The predicted molar refractivity (Wildman–Crippen MR) is 215 cm³/mol. The normalized spacial score (nSPS) is 11.7. The zero-order valence-electron chi connectivity index (χ0n) is 29.0. The molecule has 1 aliphatic rings. The van der Waals surface area contributed by atoms with Crippen LogP contribution in [0.25, 0.3) is 54.5 Å². The second-order valence-electron chi connectivity index (χ2n) is 13.3. The molecule has 1 aliphatic heterocycles. The van der Waals surface area contributed by atoms with Crippen LogP contribution in [-0.2, 0) is 6.54 Å². The standard InChI is InChI=1S/C49H37N2/c1-3-31-50-42-29-27-36-19-11-13-21-40(36)44(42)46-45-41-22-14-12-20-37(41)28-30-43(45)51(32-4-2)49-39(26-24-35-17-9-6-10-18-35)33-38(48(50)47(46)49)25-23-34-15-7-5-8-16-34/h5-22,27-30,33H,3-4,31-32H2,1-2H3/q+1. The van der Waals surface area contributed by atoms with Gasteiger partial charge in [0, 0.05) is 47.0 Å². The number of aryl methyl sites for hydroxylation is 1. The van der Waals surface area contributed by atoms with Gasteiger partial charge in [0.2, 0.25) is 11.0 Å². The minimum Gasteiger partial charge on any atom is -0.339 e. The van der Waals surface area contributed by atoms with Crippen molar-refractivity contribution in [3.05, 3.63) is 162 Å². The van der Waals surface area contributed by atoms with Gasteiger partial charge in [-0.25, -0.2) is 0 Å². The van der Waals surface area contributed by atoms with Gasteiger partial charge in [-0.3, -0.25) is 0 Å². The number of aromatic nitrogens is 1. The highest BCUT2D eigenvalue weighted by molar-refractivity contribution is 6.28. The first-order chi connectivity index (χ1) is 25.2. The Morgan fingerprint density at radius 2 is 1.14 bits per heavy atom. The molecular weight excluding hydrogens is 617 g/mol. The van der Waals surface area contributed by atoms with Crippen LogP contribution in [-0.4, -0.2) is 6.54 Å². The zero-order chi connectivity index (χ0) is 34.3. The molecule has 0 radical (unpaired) electrons. The Bertz CT molecular complexity index is 2770. The number of anilines is 2. The maximum absolute atomic E-state index is 3.70. The monoisotopic (exact) mass is 653 g/mol. The summed E-state index contributed by atoms with van der Waals surface area (Å²) in [5.41, 5.74) is 11.4. The maximum atomic E-state index is 3.70. The highest BCUT2D eigenvalue weighted by Crippen LogP contribution is 2.54. The van der Waals surface area contributed by atoms with Crippen molar-refractivity contribution in [1.82, 2.24) is 0 Å². The zero-order valence-corrected chi connectivity index (χ0v) is 29.0. The van der Waals surface area contributed by atoms with Crippen LogP contribution in [0.15, 0.2) is 140 Å². The average molecular weight is 654 g/mol. The van der Waals surface area contributed by atoms with E-state index in [0.29, 0.717) is 0 Å². The first kappa shape index (κ1) is 30.7. The SMILES string of the molecule is CCCN1c2ccc3ccccc3c2-c2c3c1c(C#Cc1ccccc1)cc(C#Cc1ccccc1)c3[n+](CCC)c1ccc3ccccc3c21. The number of benzene rings is 7. The van der Waals surface area contributed by atoms with Crippen molar-refractivity contribution in [2.75, 3.05) is 11.4 Å². The van der Waals surface area contributed by atoms with Crippen LogP contribution >= 0.6 is 0 Å². The lowest BCUT2D eigenvalue weighted by Crippen LogP contribution is -2.37. The van der Waals surface area contributed by atoms with Crippen LogP contribution in [0.1, 0.15) is 48.9 Å². The molecule has 0 N–H and O–H groups in total. The lowest BCUT2D eigenvalue weighted by atomic mass is 9.83. The van der Waals surface area contributed by atoms with Crippen molar-refractivity contribution in [2.45, 2.75) is 33.2 Å². The molecule has 1 aromatic heterocycles. The van der Waals surface area contributed by atoms with Crippen LogP contribution in [0.4, 0.5) is 11.4 Å². The fourth-order valence-electron chi connectivity index (χ4n) is 8.00. The topological polar surface area (TPSA) is 7.12 Å². The quantitative estimate of drug-likeness (QED) is 0.0793. The van der Waals surface area contributed by atoms with Crippen molar-refractivity contribution in [1.29, 1.82) is 0 Å². The van der Waals surface area contributed by atoms with Gasteiger partial charge in [0.1, 0.15) is 6.54 Å². The summed E-state index contributed by atoms with van der Waals surface area (Å²) in [5, 5.41) is 7.55. The molecule has 0 saturated carbocycles. The third-order valence-electron chi connectivity index (χ3n) is 10.1. The summed E-state index contributed by atoms with van der Waals surface area (Å²) in [6, 6.07) is 49.9. The molecular formula is C49H37N2+. The highest BCUT2D eigenvalue weighted by Gasteiger charge is 2.36. The van der Waals surface area contributed by atoms with E-state index in [1.807, 2.05) is 12.1 Å². The minimum atomic E-state index is 0.871. The van der Waals surface area contributed by atoms with E-state index in [9.17, 15) is 0 Å². The van der Waals surface area contributed by atoms with Gasteiger partial charge in [-0.1, -0.05) is 129 Å². The van der Waals surface area contributed by atoms with E-state index in [4.69, 9.17) is 0 Å². The Kier molecular flexibility index (Phi) is 7.72. The summed E-state index contributed by atoms with van der Waals surface area (Å²) >= 11 is 0. The van der Waals surface area contributed by atoms with Crippen LogP contribution in [0.5, 0.6) is 0 Å². The van der Waals surface area contributed by atoms with Gasteiger partial charge in [-0.05, 0) is 70.4 Å². The molecule has 9 rings (SSSR count). The molecule has 2 heteroatoms. The van der Waals surface area contributed by atoms with E-state index in [2.05, 4.69) is 174 Å². The summed E-state index contributed by atoms with van der Waals surface area (Å²) < 4.78 is 2.55. The number of hydrogen-bond acceptors (Lipinski definition) is 1. The lowest BCUT2D eigenvalue weighted by molar-refractivity contribution is -0.645. The summed E-state index contributed by atoms with van der Waals surface area (Å²) in [4.78, 5) is 2.55. The molecule has 0 saturated heterocycles. The van der Waals surface area contributed by atoms with Crippen molar-refractivity contribution in [3.63, 3.8) is 0 Å². The van der Waals surface area contributed by atoms with Crippen LogP contribution in [0, 0.1) is 23.7 Å². The van der Waals surface area contributed by atoms with Gasteiger partial charge in [0.25, 0.3) is 0 Å². The molecule has 8 aromatic rings. The van der Waals surface area contributed by atoms with Gasteiger partial charge >= 0.3 is 0 Å². The van der Waals surface area contributed by atoms with Crippen LogP contribution < -0.4 is 9.47 Å². The molecule has 242 valence electrons. The number of nitrogens with zero attached hydrogens (tertiary/aromatic N) is 2. The Morgan fingerprint density at radius 1 is 0.529 bits per heavy atom. The molecule has 0 fully saturated rings. The first-order valence-corrected chi connectivity index (χ1v) is 18.1. The second-order valence-corrected chi connectivity index (χ2v) is 13.3. The van der Waals surface area contributed by atoms with Gasteiger partial charge in [0.15, 0.2) is 0 Å². The molecule has 51 heavy (non-hydrogen) atoms. The fraction of sp³-hybridized carbons (Fsp3) is 0.122. The van der Waals surface area contributed by atoms with Crippen molar-refractivity contribution < 1.29 is 4.57 Å². The van der Waals surface area contributed by atoms with E-state index in [1.165, 1.54) is 65.9 Å². The number of rotatable bonds is 4. The molecule has 0 amide bonds. The molecule has 0 spiro atoms. The van der Waals surface area contributed by atoms with Crippen LogP contribution in [0.2, 0.25) is 0 Å². The summed E-state index contributed by atoms with van der Waals surface area (Å²) in [7, 11) is 0. The molecule has 0 unspecified atom stereocenters. The predicted octanol–water partition coefficient (Wildman–Crippen LogP) is 11.3. The molecule has 2 nitrogen and oxygen atoms in total. The molecule has 0 atom stereocenters. The molecule has 0 bridgehead atoms. The summed E-state index contributed by atoms with van der Waals surface area (Å²) in [6.07, 6.45) is 1.99. The summed E-state index contributed by atoms with van der Waals surface area (Å²) in [6.45, 7) is 6.29. The average Bonchev–Trinajstić information content (AvgIpc) is 3.19. The Labute approximate surface area is 299 Å². The first-order valence-electron chi connectivity index (χ1n) is 18.1. The van der Waals surface area contributed by atoms with Gasteiger partial charge < -0.3 is 4.90 Å². The molecule has 7 aromatic carbocycles.